The lowest BCUT2D eigenvalue weighted by atomic mass is 10.3. The van der Waals surface area contributed by atoms with E-state index < -0.39 is 0 Å². The molecule has 0 bridgehead atoms. The maximum absolute atomic E-state index is 11.1. The molecule has 1 aliphatic rings. The van der Waals surface area contributed by atoms with Crippen LogP contribution in [0.4, 0.5) is 17.3 Å². The Hall–Kier alpha value is -1.85. The van der Waals surface area contributed by atoms with Crippen molar-refractivity contribution in [2.45, 2.75) is 26.2 Å². The van der Waals surface area contributed by atoms with E-state index in [0.717, 1.165) is 19.5 Å². The first-order valence-corrected chi connectivity index (χ1v) is 6.73. The van der Waals surface area contributed by atoms with Gasteiger partial charge in [0.1, 0.15) is 5.82 Å². The fraction of sp³-hybridized carbons (Fsp3) is 0.615. The molecule has 0 radical (unpaired) electrons. The van der Waals surface area contributed by atoms with Crippen LogP contribution in [0.2, 0.25) is 0 Å². The second-order valence-electron chi connectivity index (χ2n) is 4.94. The summed E-state index contributed by atoms with van der Waals surface area (Å²) in [4.78, 5) is 17.2. The molecule has 1 N–H and O–H groups in total. The Bertz CT molecular complexity index is 460. The molecular formula is C13H20N4O2. The molecule has 0 aliphatic heterocycles. The first-order valence-electron chi connectivity index (χ1n) is 6.73. The van der Waals surface area contributed by atoms with Crippen LogP contribution in [0.1, 0.15) is 26.2 Å². The predicted molar refractivity (Wildman–Crippen MR) is 75.7 cm³/mol. The third kappa shape index (κ3) is 3.33. The van der Waals surface area contributed by atoms with Gasteiger partial charge in [-0.25, -0.2) is 4.98 Å². The van der Waals surface area contributed by atoms with E-state index in [0.29, 0.717) is 17.6 Å². The van der Waals surface area contributed by atoms with Crippen molar-refractivity contribution in [2.75, 3.05) is 30.4 Å². The van der Waals surface area contributed by atoms with Crippen LogP contribution in [-0.2, 0) is 0 Å². The van der Waals surface area contributed by atoms with Gasteiger partial charge in [-0.3, -0.25) is 10.1 Å². The Morgan fingerprint density at radius 1 is 1.53 bits per heavy atom. The van der Waals surface area contributed by atoms with Crippen molar-refractivity contribution in [1.29, 1.82) is 0 Å². The van der Waals surface area contributed by atoms with Crippen LogP contribution in [0.25, 0.3) is 0 Å². The van der Waals surface area contributed by atoms with E-state index in [4.69, 9.17) is 0 Å². The highest BCUT2D eigenvalue weighted by Crippen LogP contribution is 2.34. The number of aromatic nitrogens is 1. The Labute approximate surface area is 113 Å². The quantitative estimate of drug-likeness (QED) is 0.605. The smallest absolute Gasteiger partial charge is 0.311 e. The Morgan fingerprint density at radius 2 is 2.26 bits per heavy atom. The van der Waals surface area contributed by atoms with Crippen LogP contribution in [0.5, 0.6) is 0 Å². The van der Waals surface area contributed by atoms with E-state index in [1.54, 1.807) is 13.1 Å². The molecular weight excluding hydrogens is 244 g/mol. The van der Waals surface area contributed by atoms with Gasteiger partial charge < -0.3 is 10.2 Å². The summed E-state index contributed by atoms with van der Waals surface area (Å²) in [5.41, 5.74) is 0.0908. The summed E-state index contributed by atoms with van der Waals surface area (Å²) in [5.74, 6) is 1.83. The van der Waals surface area contributed by atoms with E-state index in [-0.39, 0.29) is 10.6 Å². The maximum atomic E-state index is 11.1. The van der Waals surface area contributed by atoms with Crippen LogP contribution in [0.15, 0.2) is 12.1 Å². The van der Waals surface area contributed by atoms with Gasteiger partial charge in [0.15, 0.2) is 0 Å². The van der Waals surface area contributed by atoms with Gasteiger partial charge in [0, 0.05) is 26.2 Å². The summed E-state index contributed by atoms with van der Waals surface area (Å²) >= 11 is 0. The first-order chi connectivity index (χ1) is 9.15. The second-order valence-corrected chi connectivity index (χ2v) is 4.94. The zero-order valence-electron chi connectivity index (χ0n) is 11.4. The highest BCUT2D eigenvalue weighted by molar-refractivity contribution is 5.61. The topological polar surface area (TPSA) is 71.3 Å². The molecule has 6 heteroatoms. The number of pyridine rings is 1. The molecule has 0 amide bonds. The van der Waals surface area contributed by atoms with E-state index in [1.165, 1.54) is 18.9 Å². The van der Waals surface area contributed by atoms with Gasteiger partial charge in [-0.2, -0.15) is 0 Å². The predicted octanol–water partition coefficient (Wildman–Crippen LogP) is 2.66. The fourth-order valence-corrected chi connectivity index (χ4v) is 2.12. The highest BCUT2D eigenvalue weighted by Gasteiger charge is 2.28. The van der Waals surface area contributed by atoms with E-state index in [9.17, 15) is 10.1 Å². The van der Waals surface area contributed by atoms with E-state index in [2.05, 4.69) is 22.1 Å². The molecule has 19 heavy (non-hydrogen) atoms. The molecule has 1 aromatic rings. The number of rotatable bonds is 7. The molecule has 1 heterocycles. The third-order valence-corrected chi connectivity index (χ3v) is 3.28. The molecule has 0 saturated heterocycles. The minimum Gasteiger partial charge on any atom is -0.373 e. The largest absolute Gasteiger partial charge is 0.373 e. The number of nitrogens with zero attached hydrogens (tertiary/aromatic N) is 3. The molecule has 1 aromatic heterocycles. The molecule has 0 spiro atoms. The zero-order valence-corrected chi connectivity index (χ0v) is 11.4. The van der Waals surface area contributed by atoms with Crippen molar-refractivity contribution in [3.8, 4) is 0 Å². The third-order valence-electron chi connectivity index (χ3n) is 3.28. The normalized spacial score (nSPS) is 14.2. The monoisotopic (exact) mass is 264 g/mol. The lowest BCUT2D eigenvalue weighted by molar-refractivity contribution is -0.384. The molecule has 104 valence electrons. The minimum atomic E-state index is -0.350. The average molecular weight is 264 g/mol. The average Bonchev–Trinajstić information content (AvgIpc) is 3.21. The standard InChI is InChI=1S/C13H20N4O2/c1-3-8-16(9-10-4-5-10)13-11(17(18)19)6-7-12(14-2)15-13/h6-7,10H,3-5,8-9H2,1-2H3,(H,14,15). The van der Waals surface area contributed by atoms with Crippen LogP contribution in [0, 0.1) is 16.0 Å². The summed E-state index contributed by atoms with van der Waals surface area (Å²) in [7, 11) is 1.77. The zero-order chi connectivity index (χ0) is 13.8. The molecule has 0 unspecified atom stereocenters. The number of anilines is 2. The van der Waals surface area contributed by atoms with Crippen molar-refractivity contribution in [3.05, 3.63) is 22.2 Å². The molecule has 2 rings (SSSR count). The second kappa shape index (κ2) is 5.86. The van der Waals surface area contributed by atoms with Gasteiger partial charge in [0.05, 0.1) is 4.92 Å². The Kier molecular flexibility index (Phi) is 4.19. The van der Waals surface area contributed by atoms with Gasteiger partial charge in [0.25, 0.3) is 0 Å². The van der Waals surface area contributed by atoms with Crippen LogP contribution < -0.4 is 10.2 Å². The molecule has 6 nitrogen and oxygen atoms in total. The van der Waals surface area contributed by atoms with Crippen molar-refractivity contribution in [3.63, 3.8) is 0 Å². The van der Waals surface area contributed by atoms with Crippen LogP contribution in [-0.4, -0.2) is 30.0 Å². The molecule has 1 saturated carbocycles. The summed E-state index contributed by atoms with van der Waals surface area (Å²) < 4.78 is 0. The van der Waals surface area contributed by atoms with Gasteiger partial charge in [0.2, 0.25) is 5.82 Å². The number of hydrogen-bond acceptors (Lipinski definition) is 5. The minimum absolute atomic E-state index is 0.0908. The SMILES string of the molecule is CCCN(CC1CC1)c1nc(NC)ccc1[N+](=O)[O-]. The molecule has 0 aromatic carbocycles. The Balaban J connectivity index is 2.32. The summed E-state index contributed by atoms with van der Waals surface area (Å²) in [5, 5.41) is 14.1. The molecule has 1 aliphatic carbocycles. The molecule has 1 fully saturated rings. The summed E-state index contributed by atoms with van der Waals surface area (Å²) in [6, 6.07) is 3.17. The van der Waals surface area contributed by atoms with E-state index in [1.807, 2.05) is 0 Å². The number of nitrogens with one attached hydrogen (secondary N) is 1. The Morgan fingerprint density at radius 3 is 2.79 bits per heavy atom. The fourth-order valence-electron chi connectivity index (χ4n) is 2.12. The number of hydrogen-bond donors (Lipinski definition) is 1. The lowest BCUT2D eigenvalue weighted by Crippen LogP contribution is -2.28. The van der Waals surface area contributed by atoms with Crippen molar-refractivity contribution in [2.24, 2.45) is 5.92 Å². The lowest BCUT2D eigenvalue weighted by Gasteiger charge is -2.23. The molecule has 0 atom stereocenters. The van der Waals surface area contributed by atoms with Gasteiger partial charge >= 0.3 is 5.69 Å². The van der Waals surface area contributed by atoms with E-state index >= 15 is 0 Å². The summed E-state index contributed by atoms with van der Waals surface area (Å²) in [6.07, 6.45) is 3.40. The van der Waals surface area contributed by atoms with Gasteiger partial charge in [-0.1, -0.05) is 6.92 Å². The van der Waals surface area contributed by atoms with Gasteiger partial charge in [-0.15, -0.1) is 0 Å². The van der Waals surface area contributed by atoms with Crippen LogP contribution in [0.3, 0.4) is 0 Å². The highest BCUT2D eigenvalue weighted by atomic mass is 16.6. The first kappa shape index (κ1) is 13.6. The van der Waals surface area contributed by atoms with Crippen molar-refractivity contribution < 1.29 is 4.92 Å². The maximum Gasteiger partial charge on any atom is 0.311 e. The number of nitro groups is 1. The van der Waals surface area contributed by atoms with Crippen molar-refractivity contribution in [1.82, 2.24) is 4.98 Å². The van der Waals surface area contributed by atoms with Crippen LogP contribution >= 0.6 is 0 Å². The van der Waals surface area contributed by atoms with Gasteiger partial charge in [-0.05, 0) is 31.2 Å². The van der Waals surface area contributed by atoms with Crippen molar-refractivity contribution >= 4 is 17.3 Å². The summed E-state index contributed by atoms with van der Waals surface area (Å²) in [6.45, 7) is 3.75.